The first-order valence-electron chi connectivity index (χ1n) is 1.77. The summed E-state index contributed by atoms with van der Waals surface area (Å²) in [7, 11) is 0. The van der Waals surface area contributed by atoms with Crippen LogP contribution in [0.4, 0.5) is 4.39 Å². The Balaban J connectivity index is 3.82. The second-order valence-corrected chi connectivity index (χ2v) is 1.12. The Labute approximate surface area is 40.8 Å². The van der Waals surface area contributed by atoms with Crippen molar-refractivity contribution in [3.8, 4) is 0 Å². The second-order valence-electron chi connectivity index (χ2n) is 1.12. The van der Waals surface area contributed by atoms with Gasteiger partial charge >= 0.3 is 6.04 Å². The van der Waals surface area contributed by atoms with E-state index >= 15 is 0 Å². The van der Waals surface area contributed by atoms with Gasteiger partial charge in [0.15, 0.2) is 0 Å². The molecule has 0 aromatic rings. The van der Waals surface area contributed by atoms with Crippen LogP contribution < -0.4 is 5.73 Å². The summed E-state index contributed by atoms with van der Waals surface area (Å²) in [5.41, 5.74) is 4.69. The molecule has 0 rings (SSSR count). The van der Waals surface area contributed by atoms with Crippen molar-refractivity contribution in [1.29, 1.82) is 0 Å². The van der Waals surface area contributed by atoms with E-state index in [1.54, 1.807) is 0 Å². The summed E-state index contributed by atoms with van der Waals surface area (Å²) in [5, 5.41) is 0. The Morgan fingerprint density at radius 1 is 1.86 bits per heavy atom. The SMILES string of the molecule is CC(=CN)C(=O)F. The predicted octanol–water partition coefficient (Wildman–Crippen LogP) is 0.345. The molecule has 0 aliphatic heterocycles. The topological polar surface area (TPSA) is 43.1 Å². The van der Waals surface area contributed by atoms with Gasteiger partial charge in [-0.15, -0.1) is 0 Å². The lowest BCUT2D eigenvalue weighted by Gasteiger charge is -1.81. The van der Waals surface area contributed by atoms with Crippen LogP contribution in [0.25, 0.3) is 0 Å². The highest BCUT2D eigenvalue weighted by Gasteiger charge is 1.96. The van der Waals surface area contributed by atoms with E-state index in [0.717, 1.165) is 6.20 Å². The van der Waals surface area contributed by atoms with Gasteiger partial charge in [-0.2, -0.15) is 4.39 Å². The molecule has 2 nitrogen and oxygen atoms in total. The van der Waals surface area contributed by atoms with E-state index < -0.39 is 6.04 Å². The molecule has 0 amide bonds. The molecular weight excluding hydrogens is 97.0 g/mol. The van der Waals surface area contributed by atoms with Crippen LogP contribution in [-0.4, -0.2) is 6.04 Å². The van der Waals surface area contributed by atoms with Gasteiger partial charge in [0.1, 0.15) is 0 Å². The van der Waals surface area contributed by atoms with Crippen LogP contribution in [0.3, 0.4) is 0 Å². The molecule has 0 atom stereocenters. The lowest BCUT2D eigenvalue weighted by Crippen LogP contribution is -1.92. The molecule has 7 heavy (non-hydrogen) atoms. The summed E-state index contributed by atoms with van der Waals surface area (Å²) in [6.45, 7) is 1.31. The van der Waals surface area contributed by atoms with Crippen molar-refractivity contribution in [3.63, 3.8) is 0 Å². The highest BCUT2D eigenvalue weighted by atomic mass is 19.1. The van der Waals surface area contributed by atoms with E-state index in [4.69, 9.17) is 5.73 Å². The molecule has 0 saturated heterocycles. The molecule has 0 saturated carbocycles. The molecule has 2 N–H and O–H groups in total. The number of carbonyl (C=O) groups is 1. The van der Waals surface area contributed by atoms with Crippen LogP contribution in [-0.2, 0) is 4.79 Å². The molecule has 40 valence electrons. The predicted molar refractivity (Wildman–Crippen MR) is 24.1 cm³/mol. The van der Waals surface area contributed by atoms with Crippen molar-refractivity contribution >= 4 is 6.04 Å². The van der Waals surface area contributed by atoms with Gasteiger partial charge in [-0.05, 0) is 6.92 Å². The zero-order valence-electron chi connectivity index (χ0n) is 3.94. The van der Waals surface area contributed by atoms with Gasteiger partial charge in [0.2, 0.25) is 0 Å². The zero-order valence-corrected chi connectivity index (χ0v) is 3.94. The fourth-order valence-electron chi connectivity index (χ4n) is 0.0655. The van der Waals surface area contributed by atoms with Gasteiger partial charge in [0.25, 0.3) is 0 Å². The summed E-state index contributed by atoms with van der Waals surface area (Å²) in [6.07, 6.45) is 0.933. The first kappa shape index (κ1) is 6.14. The molecule has 0 radical (unpaired) electrons. The van der Waals surface area contributed by atoms with Crippen LogP contribution in [0.1, 0.15) is 6.92 Å². The first-order chi connectivity index (χ1) is 3.18. The molecule has 0 unspecified atom stereocenters. The lowest BCUT2D eigenvalue weighted by molar-refractivity contribution is -0.125. The Morgan fingerprint density at radius 2 is 2.29 bits per heavy atom. The molecule has 0 aliphatic carbocycles. The Kier molecular flexibility index (Phi) is 2.05. The largest absolute Gasteiger partial charge is 0.404 e. The summed E-state index contributed by atoms with van der Waals surface area (Å²) in [6, 6.07) is -1.47. The zero-order chi connectivity index (χ0) is 5.86. The van der Waals surface area contributed by atoms with Gasteiger partial charge in [-0.3, -0.25) is 4.79 Å². The summed E-state index contributed by atoms with van der Waals surface area (Å²) in [4.78, 5) is 9.56. The van der Waals surface area contributed by atoms with Crippen molar-refractivity contribution in [1.82, 2.24) is 0 Å². The Morgan fingerprint density at radius 3 is 2.29 bits per heavy atom. The maximum absolute atomic E-state index is 11.3. The van der Waals surface area contributed by atoms with Crippen LogP contribution in [0.2, 0.25) is 0 Å². The molecule has 0 bridgehead atoms. The molecule has 0 aromatic carbocycles. The summed E-state index contributed by atoms with van der Waals surface area (Å²) >= 11 is 0. The minimum absolute atomic E-state index is 0.0556. The summed E-state index contributed by atoms with van der Waals surface area (Å²) in [5.74, 6) is 0. The average molecular weight is 103 g/mol. The smallest absolute Gasteiger partial charge is 0.329 e. The standard InChI is InChI=1S/C4H6FNO/c1-3(2-6)4(5)7/h2H,6H2,1H3. The number of allylic oxidation sites excluding steroid dienone is 1. The van der Waals surface area contributed by atoms with Gasteiger partial charge in [0, 0.05) is 11.8 Å². The number of nitrogens with two attached hydrogens (primary N) is 1. The molecule has 0 aromatic heterocycles. The highest BCUT2D eigenvalue weighted by molar-refractivity contribution is 5.86. The second kappa shape index (κ2) is 2.34. The Hall–Kier alpha value is -0.860. The van der Waals surface area contributed by atoms with Crippen LogP contribution in [0.15, 0.2) is 11.8 Å². The van der Waals surface area contributed by atoms with Crippen LogP contribution >= 0.6 is 0 Å². The summed E-state index contributed by atoms with van der Waals surface area (Å²) < 4.78 is 11.3. The van der Waals surface area contributed by atoms with Crippen molar-refractivity contribution in [2.24, 2.45) is 5.73 Å². The maximum atomic E-state index is 11.3. The van der Waals surface area contributed by atoms with Crippen LogP contribution in [0, 0.1) is 0 Å². The molecule has 3 heteroatoms. The van der Waals surface area contributed by atoms with Gasteiger partial charge in [-0.25, -0.2) is 0 Å². The molecule has 0 heterocycles. The van der Waals surface area contributed by atoms with E-state index in [0.29, 0.717) is 0 Å². The van der Waals surface area contributed by atoms with E-state index in [2.05, 4.69) is 0 Å². The number of hydrogen-bond donors (Lipinski definition) is 1. The third-order valence-corrected chi connectivity index (χ3v) is 0.560. The average Bonchev–Trinajstić information content (AvgIpc) is 1.65. The molecule has 0 fully saturated rings. The third kappa shape index (κ3) is 1.92. The normalized spacial score (nSPS) is 11.4. The third-order valence-electron chi connectivity index (χ3n) is 0.560. The molecular formula is C4H6FNO. The van der Waals surface area contributed by atoms with E-state index in [1.165, 1.54) is 6.92 Å². The number of hydrogen-bond acceptors (Lipinski definition) is 2. The van der Waals surface area contributed by atoms with Crippen molar-refractivity contribution in [2.75, 3.05) is 0 Å². The molecule has 0 aliphatic rings. The van der Waals surface area contributed by atoms with Crippen molar-refractivity contribution in [3.05, 3.63) is 11.8 Å². The fourth-order valence-corrected chi connectivity index (χ4v) is 0.0655. The van der Waals surface area contributed by atoms with Crippen molar-refractivity contribution in [2.45, 2.75) is 6.92 Å². The number of rotatable bonds is 1. The quantitative estimate of drug-likeness (QED) is 0.384. The lowest BCUT2D eigenvalue weighted by atomic mass is 10.4. The van der Waals surface area contributed by atoms with E-state index in [9.17, 15) is 9.18 Å². The van der Waals surface area contributed by atoms with Gasteiger partial charge in [-0.1, -0.05) is 0 Å². The number of halogens is 1. The van der Waals surface area contributed by atoms with Crippen LogP contribution in [0.5, 0.6) is 0 Å². The van der Waals surface area contributed by atoms with Gasteiger partial charge < -0.3 is 5.73 Å². The monoisotopic (exact) mass is 103 g/mol. The van der Waals surface area contributed by atoms with Gasteiger partial charge in [0.05, 0.1) is 0 Å². The minimum atomic E-state index is -1.47. The molecule has 0 spiro atoms. The Bertz CT molecular complexity index is 108. The highest BCUT2D eigenvalue weighted by Crippen LogP contribution is 1.89. The fraction of sp³-hybridized carbons (Fsp3) is 0.250. The first-order valence-corrected chi connectivity index (χ1v) is 1.77. The van der Waals surface area contributed by atoms with E-state index in [1.807, 2.05) is 0 Å². The van der Waals surface area contributed by atoms with E-state index in [-0.39, 0.29) is 5.57 Å². The van der Waals surface area contributed by atoms with Crippen molar-refractivity contribution < 1.29 is 9.18 Å². The minimum Gasteiger partial charge on any atom is -0.404 e. The number of carbonyl (C=O) groups excluding carboxylic acids is 1. The maximum Gasteiger partial charge on any atom is 0.329 e.